The first-order valence-corrected chi connectivity index (χ1v) is 8.62. The number of aromatic nitrogens is 2. The number of fused-ring (bicyclic) bond motifs is 2. The van der Waals surface area contributed by atoms with Crippen LogP contribution in [0.3, 0.4) is 0 Å². The Morgan fingerprint density at radius 3 is 3.11 bits per heavy atom. The maximum Gasteiger partial charge on any atom is 0.256 e. The predicted octanol–water partition coefficient (Wildman–Crippen LogP) is 0.860. The quantitative estimate of drug-likeness (QED) is 0.687. The summed E-state index contributed by atoms with van der Waals surface area (Å²) in [5, 5.41) is 19.8. The van der Waals surface area contributed by atoms with Crippen molar-refractivity contribution in [1.82, 2.24) is 20.0 Å². The SMILES string of the molecule is CN1Cc2cc(F)ccc2OC(CO)CNC(=O)c2cnn3c2NC1C=C3. The van der Waals surface area contributed by atoms with Crippen LogP contribution in [0.2, 0.25) is 0 Å². The van der Waals surface area contributed by atoms with Gasteiger partial charge in [-0.3, -0.25) is 9.69 Å². The van der Waals surface area contributed by atoms with E-state index in [1.165, 1.54) is 18.3 Å². The topological polar surface area (TPSA) is 91.7 Å². The van der Waals surface area contributed by atoms with Crippen LogP contribution in [-0.2, 0) is 6.54 Å². The number of halogens is 1. The molecule has 2 aromatic rings. The molecule has 2 aliphatic heterocycles. The fraction of sp³-hybridized carbons (Fsp3) is 0.333. The molecule has 3 heterocycles. The summed E-state index contributed by atoms with van der Waals surface area (Å²) in [6.45, 7) is 0.214. The number of hydrogen-bond donors (Lipinski definition) is 3. The molecule has 0 saturated carbocycles. The van der Waals surface area contributed by atoms with Gasteiger partial charge in [-0.2, -0.15) is 5.10 Å². The first-order valence-electron chi connectivity index (χ1n) is 8.62. The van der Waals surface area contributed by atoms with Gasteiger partial charge in [0.15, 0.2) is 0 Å². The van der Waals surface area contributed by atoms with Gasteiger partial charge in [0.05, 0.1) is 19.3 Å². The van der Waals surface area contributed by atoms with Crippen molar-refractivity contribution in [3.63, 3.8) is 0 Å². The molecular formula is C18H20FN5O3. The van der Waals surface area contributed by atoms with Gasteiger partial charge < -0.3 is 20.5 Å². The highest BCUT2D eigenvalue weighted by molar-refractivity contribution is 5.99. The van der Waals surface area contributed by atoms with Crippen LogP contribution in [0, 0.1) is 5.82 Å². The summed E-state index contributed by atoms with van der Waals surface area (Å²) in [5.41, 5.74) is 1.05. The summed E-state index contributed by atoms with van der Waals surface area (Å²) in [4.78, 5) is 14.5. The number of anilines is 1. The lowest BCUT2D eigenvalue weighted by molar-refractivity contribution is 0.0868. The van der Waals surface area contributed by atoms with Crippen molar-refractivity contribution in [2.45, 2.75) is 18.8 Å². The Labute approximate surface area is 155 Å². The lowest BCUT2D eigenvalue weighted by Crippen LogP contribution is -2.39. The minimum Gasteiger partial charge on any atom is -0.486 e. The van der Waals surface area contributed by atoms with Gasteiger partial charge >= 0.3 is 0 Å². The summed E-state index contributed by atoms with van der Waals surface area (Å²) in [6.07, 6.45) is 4.30. The van der Waals surface area contributed by atoms with E-state index in [2.05, 4.69) is 15.7 Å². The molecule has 1 aromatic heterocycles. The molecule has 2 aliphatic rings. The molecular weight excluding hydrogens is 353 g/mol. The van der Waals surface area contributed by atoms with E-state index in [4.69, 9.17) is 4.74 Å². The molecule has 0 radical (unpaired) electrons. The Morgan fingerprint density at radius 1 is 1.44 bits per heavy atom. The van der Waals surface area contributed by atoms with E-state index in [0.717, 1.165) is 0 Å². The summed E-state index contributed by atoms with van der Waals surface area (Å²) < 4.78 is 21.2. The number of aliphatic hydroxyl groups is 1. The normalized spacial score (nSPS) is 22.4. The first kappa shape index (κ1) is 17.5. The van der Waals surface area contributed by atoms with Crippen LogP contribution in [0.15, 0.2) is 30.5 Å². The Morgan fingerprint density at radius 2 is 2.30 bits per heavy atom. The first-order chi connectivity index (χ1) is 13.0. The van der Waals surface area contributed by atoms with Gasteiger partial charge in [-0.15, -0.1) is 0 Å². The zero-order chi connectivity index (χ0) is 19.0. The van der Waals surface area contributed by atoms with Gasteiger partial charge in [0, 0.05) is 18.3 Å². The van der Waals surface area contributed by atoms with E-state index < -0.39 is 6.10 Å². The number of hydrogen-bond acceptors (Lipinski definition) is 6. The zero-order valence-corrected chi connectivity index (χ0v) is 14.7. The number of aliphatic hydroxyl groups excluding tert-OH is 1. The molecule has 8 nitrogen and oxygen atoms in total. The Bertz CT molecular complexity index is 897. The van der Waals surface area contributed by atoms with Gasteiger partial charge in [-0.1, -0.05) is 0 Å². The number of rotatable bonds is 1. The van der Waals surface area contributed by atoms with E-state index in [9.17, 15) is 14.3 Å². The number of carbonyl (C=O) groups excluding carboxylic acids is 1. The van der Waals surface area contributed by atoms with Crippen molar-refractivity contribution in [2.24, 2.45) is 0 Å². The van der Waals surface area contributed by atoms with E-state index in [0.29, 0.717) is 29.2 Å². The van der Waals surface area contributed by atoms with Gasteiger partial charge in [0.2, 0.25) is 0 Å². The van der Waals surface area contributed by atoms with Crippen LogP contribution in [0.1, 0.15) is 15.9 Å². The summed E-state index contributed by atoms with van der Waals surface area (Å²) in [6, 6.07) is 4.27. The molecule has 0 saturated heterocycles. The molecule has 142 valence electrons. The summed E-state index contributed by atoms with van der Waals surface area (Å²) in [7, 11) is 1.88. The fourth-order valence-corrected chi connectivity index (χ4v) is 3.17. The lowest BCUT2D eigenvalue weighted by Gasteiger charge is -2.30. The second-order valence-electron chi connectivity index (χ2n) is 6.58. The fourth-order valence-electron chi connectivity index (χ4n) is 3.17. The molecule has 0 fully saturated rings. The second-order valence-corrected chi connectivity index (χ2v) is 6.58. The molecule has 2 atom stereocenters. The minimum absolute atomic E-state index is 0.103. The van der Waals surface area contributed by atoms with Gasteiger partial charge in [-0.25, -0.2) is 9.07 Å². The smallest absolute Gasteiger partial charge is 0.256 e. The summed E-state index contributed by atoms with van der Waals surface area (Å²) >= 11 is 0. The minimum atomic E-state index is -0.658. The van der Waals surface area contributed by atoms with Crippen molar-refractivity contribution >= 4 is 17.9 Å². The van der Waals surface area contributed by atoms with Gasteiger partial charge in [-0.05, 0) is 31.3 Å². The Kier molecular flexibility index (Phi) is 4.54. The van der Waals surface area contributed by atoms with Crippen LogP contribution in [0.5, 0.6) is 5.75 Å². The lowest BCUT2D eigenvalue weighted by atomic mass is 10.1. The number of amides is 1. The molecule has 3 N–H and O–H groups in total. The molecule has 2 unspecified atom stereocenters. The van der Waals surface area contributed by atoms with Crippen molar-refractivity contribution in [2.75, 3.05) is 25.5 Å². The molecule has 27 heavy (non-hydrogen) atoms. The average Bonchev–Trinajstić information content (AvgIpc) is 3.09. The van der Waals surface area contributed by atoms with Crippen molar-refractivity contribution in [1.29, 1.82) is 0 Å². The van der Waals surface area contributed by atoms with Crippen molar-refractivity contribution in [3.8, 4) is 5.75 Å². The average molecular weight is 373 g/mol. The third kappa shape index (κ3) is 3.38. The Hall–Kier alpha value is -2.91. The Balaban J connectivity index is 1.73. The molecule has 0 aliphatic carbocycles. The highest BCUT2D eigenvalue weighted by atomic mass is 19.1. The van der Waals surface area contributed by atoms with Gasteiger partial charge in [0.25, 0.3) is 5.91 Å². The van der Waals surface area contributed by atoms with Crippen molar-refractivity contribution < 1.29 is 19.0 Å². The molecule has 1 aromatic carbocycles. The third-order valence-electron chi connectivity index (χ3n) is 4.64. The second kappa shape index (κ2) is 7.01. The van der Waals surface area contributed by atoms with Crippen LogP contribution >= 0.6 is 0 Å². The van der Waals surface area contributed by atoms with E-state index in [-0.39, 0.29) is 31.0 Å². The zero-order valence-electron chi connectivity index (χ0n) is 14.7. The number of nitrogens with zero attached hydrogens (tertiary/aromatic N) is 3. The summed E-state index contributed by atoms with van der Waals surface area (Å²) in [5.74, 6) is 0.365. The van der Waals surface area contributed by atoms with Crippen LogP contribution in [-0.4, -0.2) is 58.2 Å². The van der Waals surface area contributed by atoms with Gasteiger partial charge in [0.1, 0.15) is 35.2 Å². The van der Waals surface area contributed by atoms with Crippen molar-refractivity contribution in [3.05, 3.63) is 47.4 Å². The largest absolute Gasteiger partial charge is 0.486 e. The highest BCUT2D eigenvalue weighted by Gasteiger charge is 2.26. The van der Waals surface area contributed by atoms with Crippen LogP contribution in [0.4, 0.5) is 10.2 Å². The standard InChI is InChI=1S/C18H20FN5O3/c1-23-9-11-6-12(19)2-3-15(11)27-13(10-25)7-20-18(26)14-8-21-24-5-4-16(23)22-17(14)24/h2-6,8,13,16,22,25H,7,9-10H2,1H3,(H,20,26). The highest BCUT2D eigenvalue weighted by Crippen LogP contribution is 2.26. The number of benzene rings is 1. The number of nitrogens with one attached hydrogen (secondary N) is 2. The molecule has 2 bridgehead atoms. The number of carbonyl (C=O) groups is 1. The molecule has 1 amide bonds. The molecule has 9 heteroatoms. The van der Waals surface area contributed by atoms with E-state index >= 15 is 0 Å². The maximum absolute atomic E-state index is 13.8. The van der Waals surface area contributed by atoms with E-state index in [1.54, 1.807) is 16.9 Å². The predicted molar refractivity (Wildman–Crippen MR) is 96.7 cm³/mol. The third-order valence-corrected chi connectivity index (χ3v) is 4.64. The van der Waals surface area contributed by atoms with Crippen LogP contribution < -0.4 is 15.4 Å². The van der Waals surface area contributed by atoms with Crippen LogP contribution in [0.25, 0.3) is 6.20 Å². The maximum atomic E-state index is 13.8. The molecule has 4 rings (SSSR count). The molecule has 0 spiro atoms. The monoisotopic (exact) mass is 373 g/mol. The number of ether oxygens (including phenoxy) is 1. The number of likely N-dealkylation sites (N-methyl/N-ethyl adjacent to an activating group) is 1. The van der Waals surface area contributed by atoms with E-state index in [1.807, 2.05) is 18.0 Å².